The van der Waals surface area contributed by atoms with Gasteiger partial charge in [-0.3, -0.25) is 19.2 Å². The first-order valence-electron chi connectivity index (χ1n) is 22.9. The van der Waals surface area contributed by atoms with Crippen molar-refractivity contribution < 1.29 is 43.2 Å². The predicted octanol–water partition coefficient (Wildman–Crippen LogP) is 10.2. The first kappa shape index (κ1) is 45.9. The molecule has 10 aliphatic rings. The molecule has 1 saturated heterocycles. The molecule has 10 rings (SSSR count). The van der Waals surface area contributed by atoms with E-state index in [1.165, 1.54) is 44.9 Å². The number of esters is 4. The van der Waals surface area contributed by atoms with Crippen LogP contribution in [0.3, 0.4) is 0 Å². The Morgan fingerprint density at radius 3 is 1.74 bits per heavy atom. The Labute approximate surface area is 345 Å². The fourth-order valence-corrected chi connectivity index (χ4v) is 13.0. The molecule has 1 N–H and O–H groups in total. The summed E-state index contributed by atoms with van der Waals surface area (Å²) in [6, 6.07) is 0. The maximum atomic E-state index is 12.3. The van der Waals surface area contributed by atoms with E-state index in [0.717, 1.165) is 82.0 Å². The minimum Gasteiger partial charge on any atom is -0.459 e. The monoisotopic (exact) mass is 801 g/mol. The van der Waals surface area contributed by atoms with E-state index in [0.29, 0.717) is 18.3 Å². The molecule has 326 valence electrons. The number of hydrogen-bond acceptors (Lipinski definition) is 9. The Balaban J connectivity index is 0.000000162. The van der Waals surface area contributed by atoms with E-state index in [1.807, 2.05) is 41.5 Å². The molecule has 10 fully saturated rings. The standard InChI is InChI=1S/C18H30O2.C15H24O3.C14H22O4.CH4/c1-5-12(2)16(19)20-17(3,4)18-9-13-6-14(10-18)8-15(7-13)11-18;1-3-10(2)13(16)18-15-7-11-4-12(8-15)6-14(17,5-11)9-15;1-4-8(2)13(15)18-12-10-5-6-11(12)17-14(16)9(3)7-10;/h12-15H,5-11H2,1-4H3;10-12,17H,3-9H2,1-2H3;8-12H,4-7H2,1-3H3;1H4. The zero-order chi connectivity index (χ0) is 40.8. The molecule has 0 aromatic rings. The molecular formula is C48H80O9. The van der Waals surface area contributed by atoms with Gasteiger partial charge in [0.15, 0.2) is 0 Å². The summed E-state index contributed by atoms with van der Waals surface area (Å²) in [6.45, 7) is 18.1. The number of rotatable bonds is 10. The summed E-state index contributed by atoms with van der Waals surface area (Å²) in [5.74, 6) is 3.62. The first-order chi connectivity index (χ1) is 26.3. The average molecular weight is 801 g/mol. The van der Waals surface area contributed by atoms with Gasteiger partial charge in [-0.05, 0) is 153 Å². The molecule has 0 amide bonds. The second-order valence-electron chi connectivity index (χ2n) is 21.2. The second-order valence-corrected chi connectivity index (χ2v) is 21.2. The lowest BCUT2D eigenvalue weighted by Crippen LogP contribution is -2.60. The van der Waals surface area contributed by atoms with Gasteiger partial charge in [0.05, 0.1) is 29.3 Å². The molecular weight excluding hydrogens is 721 g/mol. The number of carbonyl (C=O) groups excluding carboxylic acids is 4. The molecule has 9 unspecified atom stereocenters. The highest BCUT2D eigenvalue weighted by molar-refractivity contribution is 5.74. The van der Waals surface area contributed by atoms with Gasteiger partial charge in [-0.2, -0.15) is 0 Å². The summed E-state index contributed by atoms with van der Waals surface area (Å²) < 4.78 is 22.9. The minimum absolute atomic E-state index is 0. The van der Waals surface area contributed by atoms with Crippen molar-refractivity contribution in [2.45, 2.75) is 214 Å². The van der Waals surface area contributed by atoms with Crippen molar-refractivity contribution in [2.75, 3.05) is 0 Å². The van der Waals surface area contributed by atoms with Gasteiger partial charge in [-0.15, -0.1) is 0 Å². The molecule has 1 aliphatic heterocycles. The maximum absolute atomic E-state index is 12.3. The predicted molar refractivity (Wildman–Crippen MR) is 221 cm³/mol. The molecule has 0 radical (unpaired) electrons. The van der Waals surface area contributed by atoms with E-state index in [1.54, 1.807) is 0 Å². The molecule has 9 atom stereocenters. The third kappa shape index (κ3) is 9.91. The lowest BCUT2D eigenvalue weighted by molar-refractivity contribution is -0.222. The smallest absolute Gasteiger partial charge is 0.309 e. The number of carbonyl (C=O) groups is 4. The van der Waals surface area contributed by atoms with E-state index in [4.69, 9.17) is 18.9 Å². The summed E-state index contributed by atoms with van der Waals surface area (Å²) in [6.07, 6.45) is 18.5. The topological polar surface area (TPSA) is 125 Å². The highest BCUT2D eigenvalue weighted by atomic mass is 16.6. The van der Waals surface area contributed by atoms with Gasteiger partial charge < -0.3 is 24.1 Å². The Hall–Kier alpha value is -2.16. The normalized spacial score (nSPS) is 40.7. The lowest BCUT2D eigenvalue weighted by atomic mass is 9.46. The van der Waals surface area contributed by atoms with Crippen LogP contribution in [0.4, 0.5) is 0 Å². The van der Waals surface area contributed by atoms with Crippen molar-refractivity contribution in [3.05, 3.63) is 0 Å². The molecule has 9 heteroatoms. The van der Waals surface area contributed by atoms with E-state index in [-0.39, 0.29) is 89.7 Å². The van der Waals surface area contributed by atoms with Crippen LogP contribution in [0.15, 0.2) is 0 Å². The van der Waals surface area contributed by atoms with Gasteiger partial charge >= 0.3 is 23.9 Å². The fraction of sp³-hybridized carbons (Fsp3) is 0.917. The Morgan fingerprint density at radius 1 is 0.737 bits per heavy atom. The molecule has 9 saturated carbocycles. The first-order valence-corrected chi connectivity index (χ1v) is 22.9. The van der Waals surface area contributed by atoms with E-state index < -0.39 is 5.60 Å². The third-order valence-electron chi connectivity index (χ3n) is 16.2. The molecule has 0 aromatic heterocycles. The zero-order valence-corrected chi connectivity index (χ0v) is 36.4. The van der Waals surface area contributed by atoms with Crippen LogP contribution in [0.25, 0.3) is 0 Å². The van der Waals surface area contributed by atoms with Crippen molar-refractivity contribution in [3.8, 4) is 0 Å². The highest BCUT2D eigenvalue weighted by Gasteiger charge is 2.60. The van der Waals surface area contributed by atoms with Crippen LogP contribution >= 0.6 is 0 Å². The zero-order valence-electron chi connectivity index (χ0n) is 36.4. The Morgan fingerprint density at radius 2 is 1.23 bits per heavy atom. The van der Waals surface area contributed by atoms with Crippen LogP contribution in [-0.2, 0) is 38.1 Å². The van der Waals surface area contributed by atoms with Crippen molar-refractivity contribution in [1.29, 1.82) is 0 Å². The van der Waals surface area contributed by atoms with Gasteiger partial charge in [0.1, 0.15) is 23.4 Å². The third-order valence-corrected chi connectivity index (χ3v) is 16.2. The van der Waals surface area contributed by atoms with E-state index >= 15 is 0 Å². The molecule has 0 aromatic carbocycles. The minimum atomic E-state index is -0.542. The summed E-state index contributed by atoms with van der Waals surface area (Å²) in [4.78, 5) is 47.9. The van der Waals surface area contributed by atoms with Gasteiger partial charge in [-0.1, -0.05) is 55.9 Å². The van der Waals surface area contributed by atoms with Crippen molar-refractivity contribution in [3.63, 3.8) is 0 Å². The van der Waals surface area contributed by atoms with Crippen LogP contribution in [0, 0.1) is 64.6 Å². The lowest BCUT2D eigenvalue weighted by Gasteiger charge is -2.61. The van der Waals surface area contributed by atoms with Crippen LogP contribution in [0.5, 0.6) is 0 Å². The van der Waals surface area contributed by atoms with Crippen LogP contribution in [0.1, 0.15) is 185 Å². The number of ether oxygens (including phenoxy) is 4. The fourth-order valence-electron chi connectivity index (χ4n) is 13.0. The largest absolute Gasteiger partial charge is 0.459 e. The second kappa shape index (κ2) is 17.8. The van der Waals surface area contributed by atoms with Crippen LogP contribution < -0.4 is 0 Å². The van der Waals surface area contributed by atoms with Gasteiger partial charge in [0.25, 0.3) is 0 Å². The quantitative estimate of drug-likeness (QED) is 0.170. The SMILES string of the molecule is C.CCC(C)C(=O)OC(C)(C)C12CC3CC(CC(C3)C1)C2.CCC(C)C(=O)OC12CC3CC(CC(O)(C3)C1)C2.CCC(C)C(=O)OC1C2CCC1OC(=O)C(C)C2. The molecule has 0 spiro atoms. The molecule has 1 heterocycles. The summed E-state index contributed by atoms with van der Waals surface area (Å²) in [7, 11) is 0. The Bertz CT molecular complexity index is 1380. The van der Waals surface area contributed by atoms with E-state index in [2.05, 4.69) is 20.8 Å². The summed E-state index contributed by atoms with van der Waals surface area (Å²) in [5, 5.41) is 10.6. The highest BCUT2D eigenvalue weighted by Crippen LogP contribution is 2.64. The van der Waals surface area contributed by atoms with Crippen LogP contribution in [-0.4, -0.2) is 58.0 Å². The molecule has 57 heavy (non-hydrogen) atoms. The molecule has 9 aliphatic carbocycles. The van der Waals surface area contributed by atoms with Crippen molar-refractivity contribution in [2.24, 2.45) is 64.6 Å². The van der Waals surface area contributed by atoms with Gasteiger partial charge in [0.2, 0.25) is 0 Å². The summed E-state index contributed by atoms with van der Waals surface area (Å²) in [5.41, 5.74) is -0.895. The van der Waals surface area contributed by atoms with Gasteiger partial charge in [0, 0.05) is 17.8 Å². The average Bonchev–Trinajstić information content (AvgIpc) is 3.42. The van der Waals surface area contributed by atoms with Crippen LogP contribution in [0.2, 0.25) is 0 Å². The Kier molecular flexibility index (Phi) is 14.4. The number of aliphatic hydroxyl groups is 1. The van der Waals surface area contributed by atoms with Gasteiger partial charge in [-0.25, -0.2) is 0 Å². The molecule has 10 bridgehead atoms. The number of fused-ring (bicyclic) bond motifs is 2. The van der Waals surface area contributed by atoms with Crippen molar-refractivity contribution >= 4 is 23.9 Å². The molecule has 9 nitrogen and oxygen atoms in total. The summed E-state index contributed by atoms with van der Waals surface area (Å²) >= 11 is 0. The maximum Gasteiger partial charge on any atom is 0.309 e. The number of hydrogen-bond donors (Lipinski definition) is 1. The van der Waals surface area contributed by atoms with E-state index in [9.17, 15) is 24.3 Å². The van der Waals surface area contributed by atoms with Crippen molar-refractivity contribution in [1.82, 2.24) is 0 Å².